The lowest BCUT2D eigenvalue weighted by Crippen LogP contribution is -2.32. The van der Waals surface area contributed by atoms with Gasteiger partial charge in [0.05, 0.1) is 18.3 Å². The van der Waals surface area contributed by atoms with E-state index < -0.39 is 6.04 Å². The molecule has 2 atom stereocenters. The highest BCUT2D eigenvalue weighted by Gasteiger charge is 2.22. The van der Waals surface area contributed by atoms with Gasteiger partial charge in [-0.1, -0.05) is 0 Å². The molecule has 3 N–H and O–H groups in total. The van der Waals surface area contributed by atoms with Gasteiger partial charge < -0.3 is 20.5 Å². The van der Waals surface area contributed by atoms with E-state index in [1.54, 1.807) is 6.92 Å². The van der Waals surface area contributed by atoms with E-state index in [2.05, 4.69) is 5.32 Å². The third kappa shape index (κ3) is 2.98. The summed E-state index contributed by atoms with van der Waals surface area (Å²) in [4.78, 5) is 11.7. The molecule has 0 saturated carbocycles. The number of carbonyl (C=O) groups is 1. The number of hydrogen-bond donors (Lipinski definition) is 2. The Bertz CT molecular complexity index is 486. The molecule has 1 aliphatic heterocycles. The molecule has 0 fully saturated rings. The van der Waals surface area contributed by atoms with Gasteiger partial charge in [-0.05, 0) is 26.8 Å². The predicted octanol–water partition coefficient (Wildman–Crippen LogP) is 1.69. The van der Waals surface area contributed by atoms with Crippen LogP contribution in [0.1, 0.15) is 26.3 Å². The Labute approximate surface area is 113 Å². The van der Waals surface area contributed by atoms with E-state index in [0.29, 0.717) is 18.0 Å². The van der Waals surface area contributed by atoms with Crippen LogP contribution in [0.4, 0.5) is 5.69 Å². The van der Waals surface area contributed by atoms with E-state index in [4.69, 9.17) is 15.2 Å². The minimum Gasteiger partial charge on any atom is -0.492 e. The molecule has 2 rings (SSSR count). The minimum absolute atomic E-state index is 0.156. The summed E-state index contributed by atoms with van der Waals surface area (Å²) in [6, 6.07) is 3.17. The average molecular weight is 264 g/mol. The zero-order chi connectivity index (χ0) is 14.0. The van der Waals surface area contributed by atoms with Crippen molar-refractivity contribution in [1.82, 2.24) is 0 Å². The minimum atomic E-state index is -0.567. The Morgan fingerprint density at radius 3 is 3.00 bits per heavy atom. The number of carbonyl (C=O) groups excluding carboxylic acids is 1. The summed E-state index contributed by atoms with van der Waals surface area (Å²) >= 11 is 0. The monoisotopic (exact) mass is 264 g/mol. The Kier molecular flexibility index (Phi) is 3.95. The van der Waals surface area contributed by atoms with Crippen molar-refractivity contribution >= 4 is 11.6 Å². The van der Waals surface area contributed by atoms with Crippen LogP contribution in [0.15, 0.2) is 12.1 Å². The smallest absolute Gasteiger partial charge is 0.241 e. The Morgan fingerprint density at radius 2 is 2.37 bits per heavy atom. The number of fused-ring (bicyclic) bond motifs is 1. The molecule has 0 aromatic heterocycles. The molecule has 0 spiro atoms. The lowest BCUT2D eigenvalue weighted by Gasteiger charge is -2.14. The first-order valence-electron chi connectivity index (χ1n) is 6.54. The Morgan fingerprint density at radius 1 is 1.63 bits per heavy atom. The molecule has 1 aromatic rings. The molecule has 5 nitrogen and oxygen atoms in total. The summed E-state index contributed by atoms with van der Waals surface area (Å²) in [5.41, 5.74) is 7.27. The standard InChI is InChI=1S/C14H20N2O3/c1-4-18-13-6-10-5-8(2)19-12(10)7-11(13)16-14(17)9(3)15/h6-9H,4-5,15H2,1-3H3,(H,16,17). The highest BCUT2D eigenvalue weighted by atomic mass is 16.5. The summed E-state index contributed by atoms with van der Waals surface area (Å²) in [7, 11) is 0. The van der Waals surface area contributed by atoms with Crippen LogP contribution in [0, 0.1) is 0 Å². The second-order valence-electron chi connectivity index (χ2n) is 4.80. The van der Waals surface area contributed by atoms with Gasteiger partial charge in [-0.15, -0.1) is 0 Å². The van der Waals surface area contributed by atoms with Gasteiger partial charge >= 0.3 is 0 Å². The molecule has 1 aliphatic rings. The molecule has 104 valence electrons. The van der Waals surface area contributed by atoms with Crippen molar-refractivity contribution in [3.63, 3.8) is 0 Å². The van der Waals surface area contributed by atoms with E-state index in [1.165, 1.54) is 0 Å². The molecular weight excluding hydrogens is 244 g/mol. The van der Waals surface area contributed by atoms with Gasteiger partial charge in [-0.2, -0.15) is 0 Å². The zero-order valence-electron chi connectivity index (χ0n) is 11.5. The fourth-order valence-electron chi connectivity index (χ4n) is 2.06. The van der Waals surface area contributed by atoms with Crippen LogP contribution in [0.3, 0.4) is 0 Å². The largest absolute Gasteiger partial charge is 0.492 e. The molecule has 0 bridgehead atoms. The van der Waals surface area contributed by atoms with Gasteiger partial charge in [0.15, 0.2) is 0 Å². The molecule has 1 heterocycles. The summed E-state index contributed by atoms with van der Waals surface area (Å²) in [5, 5.41) is 2.77. The third-order valence-corrected chi connectivity index (χ3v) is 2.97. The number of ether oxygens (including phenoxy) is 2. The maximum atomic E-state index is 11.7. The lowest BCUT2D eigenvalue weighted by atomic mass is 10.1. The number of nitrogens with two attached hydrogens (primary N) is 1. The van der Waals surface area contributed by atoms with Crippen LogP contribution in [-0.4, -0.2) is 24.7 Å². The molecule has 5 heteroatoms. The van der Waals surface area contributed by atoms with Crippen LogP contribution in [0.2, 0.25) is 0 Å². The van der Waals surface area contributed by atoms with Crippen LogP contribution < -0.4 is 20.5 Å². The first-order valence-corrected chi connectivity index (χ1v) is 6.54. The van der Waals surface area contributed by atoms with Crippen molar-refractivity contribution in [3.05, 3.63) is 17.7 Å². The van der Waals surface area contributed by atoms with E-state index in [-0.39, 0.29) is 12.0 Å². The van der Waals surface area contributed by atoms with Crippen LogP contribution >= 0.6 is 0 Å². The highest BCUT2D eigenvalue weighted by molar-refractivity contribution is 5.96. The zero-order valence-corrected chi connectivity index (χ0v) is 11.5. The van der Waals surface area contributed by atoms with Crippen LogP contribution in [-0.2, 0) is 11.2 Å². The maximum Gasteiger partial charge on any atom is 0.241 e. The van der Waals surface area contributed by atoms with E-state index >= 15 is 0 Å². The fourth-order valence-corrected chi connectivity index (χ4v) is 2.06. The van der Waals surface area contributed by atoms with Crippen molar-refractivity contribution in [3.8, 4) is 11.5 Å². The van der Waals surface area contributed by atoms with Gasteiger partial charge in [0.2, 0.25) is 5.91 Å². The van der Waals surface area contributed by atoms with E-state index in [9.17, 15) is 4.79 Å². The van der Waals surface area contributed by atoms with Crippen LogP contribution in [0.5, 0.6) is 11.5 Å². The summed E-state index contributed by atoms with van der Waals surface area (Å²) in [5.74, 6) is 1.22. The number of amides is 1. The number of hydrogen-bond acceptors (Lipinski definition) is 4. The average Bonchev–Trinajstić information content (AvgIpc) is 2.68. The lowest BCUT2D eigenvalue weighted by molar-refractivity contribution is -0.117. The number of benzene rings is 1. The van der Waals surface area contributed by atoms with Gasteiger partial charge in [0, 0.05) is 18.1 Å². The van der Waals surface area contributed by atoms with Crippen molar-refractivity contribution in [1.29, 1.82) is 0 Å². The quantitative estimate of drug-likeness (QED) is 0.868. The van der Waals surface area contributed by atoms with Crippen molar-refractivity contribution in [2.24, 2.45) is 5.73 Å². The first kappa shape index (κ1) is 13.7. The Balaban J connectivity index is 2.30. The van der Waals surface area contributed by atoms with Gasteiger partial charge in [-0.25, -0.2) is 0 Å². The summed E-state index contributed by atoms with van der Waals surface area (Å²) in [6.45, 7) is 6.10. The topological polar surface area (TPSA) is 73.6 Å². The number of rotatable bonds is 4. The van der Waals surface area contributed by atoms with Crippen molar-refractivity contribution in [2.45, 2.75) is 39.3 Å². The highest BCUT2D eigenvalue weighted by Crippen LogP contribution is 2.38. The SMILES string of the molecule is CCOc1cc2c(cc1NC(=O)C(C)N)OC(C)C2. The predicted molar refractivity (Wildman–Crippen MR) is 73.7 cm³/mol. The van der Waals surface area contributed by atoms with Gasteiger partial charge in [0.1, 0.15) is 17.6 Å². The van der Waals surface area contributed by atoms with Gasteiger partial charge in [0.25, 0.3) is 0 Å². The van der Waals surface area contributed by atoms with Crippen molar-refractivity contribution < 1.29 is 14.3 Å². The second kappa shape index (κ2) is 5.48. The molecule has 1 aromatic carbocycles. The van der Waals surface area contributed by atoms with Gasteiger partial charge in [-0.3, -0.25) is 4.79 Å². The molecule has 1 amide bonds. The molecule has 0 radical (unpaired) electrons. The Hall–Kier alpha value is -1.75. The third-order valence-electron chi connectivity index (χ3n) is 2.97. The van der Waals surface area contributed by atoms with Crippen LogP contribution in [0.25, 0.3) is 0 Å². The van der Waals surface area contributed by atoms with E-state index in [1.807, 2.05) is 26.0 Å². The second-order valence-corrected chi connectivity index (χ2v) is 4.80. The number of nitrogens with one attached hydrogen (secondary N) is 1. The molecular formula is C14H20N2O3. The maximum absolute atomic E-state index is 11.7. The first-order chi connectivity index (χ1) is 9.01. The van der Waals surface area contributed by atoms with Crippen molar-refractivity contribution in [2.75, 3.05) is 11.9 Å². The fraction of sp³-hybridized carbons (Fsp3) is 0.500. The molecule has 0 aliphatic carbocycles. The molecule has 19 heavy (non-hydrogen) atoms. The molecule has 0 saturated heterocycles. The van der Waals surface area contributed by atoms with E-state index in [0.717, 1.165) is 17.7 Å². The molecule has 2 unspecified atom stereocenters. The number of anilines is 1. The summed E-state index contributed by atoms with van der Waals surface area (Å²) in [6.07, 6.45) is 1.01. The summed E-state index contributed by atoms with van der Waals surface area (Å²) < 4.78 is 11.3. The normalized spacial score (nSPS) is 18.4.